The van der Waals surface area contributed by atoms with Gasteiger partial charge in [0.2, 0.25) is 0 Å². The highest BCUT2D eigenvalue weighted by Gasteiger charge is 2.27. The van der Waals surface area contributed by atoms with Gasteiger partial charge in [-0.2, -0.15) is 11.8 Å². The van der Waals surface area contributed by atoms with Gasteiger partial charge in [0, 0.05) is 30.0 Å². The molecule has 1 unspecified atom stereocenters. The highest BCUT2D eigenvalue weighted by Crippen LogP contribution is 2.31. The maximum Gasteiger partial charge on any atom is 0.149 e. The molecule has 0 amide bonds. The maximum atomic E-state index is 11.6. The average Bonchev–Trinajstić information content (AvgIpc) is 2.37. The lowest BCUT2D eigenvalue weighted by Gasteiger charge is -2.26. The Hall–Kier alpha value is -0.0200. The third-order valence-corrected chi connectivity index (χ3v) is 4.61. The van der Waals surface area contributed by atoms with E-state index in [9.17, 15) is 4.79 Å². The number of hydrogen-bond donors (Lipinski definition) is 0. The van der Waals surface area contributed by atoms with Crippen molar-refractivity contribution in [1.29, 1.82) is 0 Å². The molecule has 1 rings (SSSR count). The Morgan fingerprint density at radius 1 is 1.47 bits per heavy atom. The van der Waals surface area contributed by atoms with Crippen LogP contribution in [0.25, 0.3) is 0 Å². The van der Waals surface area contributed by atoms with Crippen LogP contribution in [0.3, 0.4) is 0 Å². The zero-order valence-corrected chi connectivity index (χ0v) is 11.2. The minimum absolute atomic E-state index is 0.115. The third-order valence-electron chi connectivity index (χ3n) is 3.23. The van der Waals surface area contributed by atoms with Crippen LogP contribution in [-0.2, 0) is 4.79 Å². The second-order valence-electron chi connectivity index (χ2n) is 4.89. The Bertz CT molecular complexity index is 228. The molecule has 3 heteroatoms. The standard InChI is InChI=1S/C12H23NOS/c1-5-11(14)10(2)13-7-6-12(3,4)15-9-8-13/h10H,5-9H2,1-4H3. The van der Waals surface area contributed by atoms with Gasteiger partial charge in [-0.15, -0.1) is 0 Å². The van der Waals surface area contributed by atoms with Gasteiger partial charge in [-0.3, -0.25) is 9.69 Å². The number of rotatable bonds is 3. The molecule has 0 radical (unpaired) electrons. The lowest BCUT2D eigenvalue weighted by molar-refractivity contribution is -0.123. The summed E-state index contributed by atoms with van der Waals surface area (Å²) in [6, 6.07) is 0.115. The molecule has 0 spiro atoms. The second-order valence-corrected chi connectivity index (χ2v) is 6.69. The van der Waals surface area contributed by atoms with Gasteiger partial charge < -0.3 is 0 Å². The SMILES string of the molecule is CCC(=O)C(C)N1CCSC(C)(C)CC1. The minimum atomic E-state index is 0.115. The molecule has 0 aromatic carbocycles. The molecular weight excluding hydrogens is 206 g/mol. The van der Waals surface area contributed by atoms with Crippen molar-refractivity contribution in [3.8, 4) is 0 Å². The molecule has 15 heavy (non-hydrogen) atoms. The molecule has 0 aliphatic carbocycles. The number of thioether (sulfide) groups is 1. The Labute approximate surface area is 97.8 Å². The van der Waals surface area contributed by atoms with Crippen LogP contribution in [0.2, 0.25) is 0 Å². The Kier molecular flexibility index (Phi) is 4.65. The summed E-state index contributed by atoms with van der Waals surface area (Å²) < 4.78 is 0.379. The van der Waals surface area contributed by atoms with Gasteiger partial charge in [0.15, 0.2) is 0 Å². The highest BCUT2D eigenvalue weighted by atomic mass is 32.2. The fraction of sp³-hybridized carbons (Fsp3) is 0.917. The van der Waals surface area contributed by atoms with Crippen molar-refractivity contribution < 1.29 is 4.79 Å². The van der Waals surface area contributed by atoms with Gasteiger partial charge in [0.1, 0.15) is 5.78 Å². The summed E-state index contributed by atoms with van der Waals surface area (Å²) in [7, 11) is 0. The zero-order valence-electron chi connectivity index (χ0n) is 10.4. The minimum Gasteiger partial charge on any atom is -0.298 e. The molecule has 1 heterocycles. The summed E-state index contributed by atoms with van der Waals surface area (Å²) in [6.45, 7) is 10.7. The Morgan fingerprint density at radius 3 is 2.73 bits per heavy atom. The molecule has 0 N–H and O–H groups in total. The largest absolute Gasteiger partial charge is 0.298 e. The van der Waals surface area contributed by atoms with Crippen LogP contribution in [0.4, 0.5) is 0 Å². The summed E-state index contributed by atoms with van der Waals surface area (Å²) >= 11 is 2.03. The second kappa shape index (κ2) is 5.35. The average molecular weight is 229 g/mol. The number of nitrogens with zero attached hydrogens (tertiary/aromatic N) is 1. The Morgan fingerprint density at radius 2 is 2.13 bits per heavy atom. The van der Waals surface area contributed by atoms with E-state index in [-0.39, 0.29) is 6.04 Å². The van der Waals surface area contributed by atoms with E-state index in [0.717, 1.165) is 18.8 Å². The summed E-state index contributed by atoms with van der Waals surface area (Å²) in [6.07, 6.45) is 1.84. The van der Waals surface area contributed by atoms with E-state index in [0.29, 0.717) is 17.0 Å². The third kappa shape index (κ3) is 3.80. The van der Waals surface area contributed by atoms with Gasteiger partial charge in [-0.25, -0.2) is 0 Å². The van der Waals surface area contributed by atoms with Gasteiger partial charge in [0.25, 0.3) is 0 Å². The summed E-state index contributed by atoms with van der Waals surface area (Å²) in [5.74, 6) is 1.52. The first-order valence-electron chi connectivity index (χ1n) is 5.87. The van der Waals surface area contributed by atoms with Crippen molar-refractivity contribution in [3.63, 3.8) is 0 Å². The fourth-order valence-corrected chi connectivity index (χ4v) is 3.04. The number of Topliss-reactive ketones (excluding diaryl/α,β-unsaturated/α-hetero) is 1. The van der Waals surface area contributed by atoms with Crippen LogP contribution in [0, 0.1) is 0 Å². The number of carbonyl (C=O) groups is 1. The van der Waals surface area contributed by atoms with Crippen LogP contribution in [-0.4, -0.2) is 40.3 Å². The molecular formula is C12H23NOS. The molecule has 2 nitrogen and oxygen atoms in total. The molecule has 0 saturated carbocycles. The van der Waals surface area contributed by atoms with Gasteiger partial charge in [0.05, 0.1) is 6.04 Å². The maximum absolute atomic E-state index is 11.6. The quantitative estimate of drug-likeness (QED) is 0.742. The summed E-state index contributed by atoms with van der Waals surface area (Å²) in [5.41, 5.74) is 0. The van der Waals surface area contributed by atoms with E-state index in [4.69, 9.17) is 0 Å². The normalized spacial score (nSPS) is 24.5. The Balaban J connectivity index is 2.54. The van der Waals surface area contributed by atoms with Crippen LogP contribution < -0.4 is 0 Å². The summed E-state index contributed by atoms with van der Waals surface area (Å²) in [4.78, 5) is 14.0. The molecule has 1 saturated heterocycles. The van der Waals surface area contributed by atoms with E-state index in [2.05, 4.69) is 25.7 Å². The van der Waals surface area contributed by atoms with Crippen molar-refractivity contribution in [2.24, 2.45) is 0 Å². The molecule has 0 aromatic heterocycles. The lowest BCUT2D eigenvalue weighted by atomic mass is 10.1. The molecule has 1 fully saturated rings. The van der Waals surface area contributed by atoms with Crippen LogP contribution in [0.5, 0.6) is 0 Å². The van der Waals surface area contributed by atoms with Gasteiger partial charge in [-0.05, 0) is 13.3 Å². The molecule has 1 aliphatic rings. The number of carbonyl (C=O) groups excluding carboxylic acids is 1. The van der Waals surface area contributed by atoms with Crippen molar-refractivity contribution >= 4 is 17.5 Å². The summed E-state index contributed by atoms with van der Waals surface area (Å²) in [5, 5.41) is 0. The van der Waals surface area contributed by atoms with E-state index in [1.807, 2.05) is 18.7 Å². The van der Waals surface area contributed by atoms with E-state index < -0.39 is 0 Å². The number of ketones is 1. The van der Waals surface area contributed by atoms with E-state index in [1.54, 1.807) is 0 Å². The van der Waals surface area contributed by atoms with Crippen LogP contribution in [0.15, 0.2) is 0 Å². The zero-order chi connectivity index (χ0) is 11.5. The topological polar surface area (TPSA) is 20.3 Å². The van der Waals surface area contributed by atoms with Crippen LogP contribution >= 0.6 is 11.8 Å². The van der Waals surface area contributed by atoms with Gasteiger partial charge >= 0.3 is 0 Å². The molecule has 1 atom stereocenters. The van der Waals surface area contributed by atoms with Crippen molar-refractivity contribution in [2.45, 2.75) is 51.3 Å². The first-order valence-corrected chi connectivity index (χ1v) is 6.85. The molecule has 88 valence electrons. The van der Waals surface area contributed by atoms with Gasteiger partial charge in [-0.1, -0.05) is 20.8 Å². The molecule has 0 aromatic rings. The first-order chi connectivity index (χ1) is 6.96. The smallest absolute Gasteiger partial charge is 0.149 e. The lowest BCUT2D eigenvalue weighted by Crippen LogP contribution is -2.40. The van der Waals surface area contributed by atoms with Crippen molar-refractivity contribution in [3.05, 3.63) is 0 Å². The van der Waals surface area contributed by atoms with Crippen LogP contribution in [0.1, 0.15) is 40.5 Å². The monoisotopic (exact) mass is 229 g/mol. The fourth-order valence-electron chi connectivity index (χ4n) is 1.92. The highest BCUT2D eigenvalue weighted by molar-refractivity contribution is 8.00. The predicted octanol–water partition coefficient (Wildman–Crippen LogP) is 2.57. The first kappa shape index (κ1) is 13.0. The molecule has 1 aliphatic heterocycles. The van der Waals surface area contributed by atoms with E-state index >= 15 is 0 Å². The van der Waals surface area contributed by atoms with Crippen molar-refractivity contribution in [2.75, 3.05) is 18.8 Å². The predicted molar refractivity (Wildman–Crippen MR) is 67.5 cm³/mol. The van der Waals surface area contributed by atoms with Crippen molar-refractivity contribution in [1.82, 2.24) is 4.90 Å². The van der Waals surface area contributed by atoms with E-state index in [1.165, 1.54) is 6.42 Å². The number of hydrogen-bond acceptors (Lipinski definition) is 3. The molecule has 0 bridgehead atoms.